The predicted molar refractivity (Wildman–Crippen MR) is 59.9 cm³/mol. The molecule has 1 unspecified atom stereocenters. The third kappa shape index (κ3) is 2.21. The van der Waals surface area contributed by atoms with Crippen LogP contribution in [0.25, 0.3) is 0 Å². The van der Waals surface area contributed by atoms with Gasteiger partial charge >= 0.3 is 5.97 Å². The lowest BCUT2D eigenvalue weighted by atomic mass is 9.87. The SMILES string of the molecule is CCC(NC(C)=O)(C(=O)O)c1ccccc1. The molecule has 0 saturated heterocycles. The van der Waals surface area contributed by atoms with Crippen LogP contribution in [0.3, 0.4) is 0 Å². The van der Waals surface area contributed by atoms with Crippen molar-refractivity contribution >= 4 is 11.9 Å². The molecule has 1 amide bonds. The Morgan fingerprint density at radius 2 is 1.88 bits per heavy atom. The van der Waals surface area contributed by atoms with E-state index in [-0.39, 0.29) is 5.91 Å². The number of benzene rings is 1. The van der Waals surface area contributed by atoms with Gasteiger partial charge in [-0.25, -0.2) is 4.79 Å². The first-order chi connectivity index (χ1) is 7.53. The van der Waals surface area contributed by atoms with Gasteiger partial charge in [0, 0.05) is 6.92 Å². The van der Waals surface area contributed by atoms with Crippen LogP contribution in [-0.4, -0.2) is 17.0 Å². The van der Waals surface area contributed by atoms with Gasteiger partial charge in [0.1, 0.15) is 0 Å². The van der Waals surface area contributed by atoms with Crippen LogP contribution in [0.15, 0.2) is 30.3 Å². The second-order valence-corrected chi connectivity index (χ2v) is 3.61. The van der Waals surface area contributed by atoms with Crippen LogP contribution < -0.4 is 5.32 Å². The van der Waals surface area contributed by atoms with Gasteiger partial charge in [-0.05, 0) is 12.0 Å². The lowest BCUT2D eigenvalue weighted by Crippen LogP contribution is -2.50. The molecule has 0 aliphatic heterocycles. The molecule has 0 fully saturated rings. The maximum atomic E-state index is 11.4. The number of carboxylic acid groups (broad SMARTS) is 1. The third-order valence-electron chi connectivity index (χ3n) is 2.55. The molecule has 4 heteroatoms. The summed E-state index contributed by atoms with van der Waals surface area (Å²) in [5.41, 5.74) is -0.743. The van der Waals surface area contributed by atoms with Crippen molar-refractivity contribution in [3.05, 3.63) is 35.9 Å². The van der Waals surface area contributed by atoms with E-state index < -0.39 is 11.5 Å². The predicted octanol–water partition coefficient (Wildman–Crippen LogP) is 1.51. The van der Waals surface area contributed by atoms with Crippen LogP contribution in [0.1, 0.15) is 25.8 Å². The van der Waals surface area contributed by atoms with Crippen molar-refractivity contribution in [2.45, 2.75) is 25.8 Å². The molecule has 0 aliphatic carbocycles. The molecule has 16 heavy (non-hydrogen) atoms. The van der Waals surface area contributed by atoms with Gasteiger partial charge in [0.25, 0.3) is 0 Å². The summed E-state index contributed by atoms with van der Waals surface area (Å²) >= 11 is 0. The lowest BCUT2D eigenvalue weighted by Gasteiger charge is -2.29. The Balaban J connectivity index is 3.23. The summed E-state index contributed by atoms with van der Waals surface area (Å²) in [5, 5.41) is 11.8. The molecular formula is C12H15NO3. The molecule has 86 valence electrons. The highest BCUT2D eigenvalue weighted by atomic mass is 16.4. The van der Waals surface area contributed by atoms with Gasteiger partial charge in [0.2, 0.25) is 5.91 Å². The van der Waals surface area contributed by atoms with E-state index in [9.17, 15) is 14.7 Å². The van der Waals surface area contributed by atoms with Crippen LogP contribution in [0.4, 0.5) is 0 Å². The summed E-state index contributed by atoms with van der Waals surface area (Å²) in [6, 6.07) is 8.72. The highest BCUT2D eigenvalue weighted by molar-refractivity contribution is 5.87. The van der Waals surface area contributed by atoms with Gasteiger partial charge in [-0.1, -0.05) is 37.3 Å². The van der Waals surface area contributed by atoms with E-state index in [2.05, 4.69) is 5.32 Å². The lowest BCUT2D eigenvalue weighted by molar-refractivity contribution is -0.148. The standard InChI is InChI=1S/C12H15NO3/c1-3-12(11(15)16,13-9(2)14)10-7-5-4-6-8-10/h4-8H,3H2,1-2H3,(H,13,14)(H,15,16). The number of carbonyl (C=O) groups excluding carboxylic acids is 1. The molecule has 0 aliphatic rings. The number of carbonyl (C=O) groups is 2. The molecule has 0 radical (unpaired) electrons. The molecule has 2 N–H and O–H groups in total. The van der Waals surface area contributed by atoms with E-state index in [1.165, 1.54) is 6.92 Å². The first-order valence-electron chi connectivity index (χ1n) is 5.10. The average molecular weight is 221 g/mol. The number of aliphatic carboxylic acids is 1. The van der Waals surface area contributed by atoms with Crippen LogP contribution in [-0.2, 0) is 15.1 Å². The van der Waals surface area contributed by atoms with Crippen LogP contribution in [0.5, 0.6) is 0 Å². The van der Waals surface area contributed by atoms with Crippen LogP contribution in [0, 0.1) is 0 Å². The smallest absolute Gasteiger partial charge is 0.334 e. The number of amides is 1. The highest BCUT2D eigenvalue weighted by Crippen LogP contribution is 2.25. The van der Waals surface area contributed by atoms with Crippen molar-refractivity contribution in [3.63, 3.8) is 0 Å². The van der Waals surface area contributed by atoms with Gasteiger partial charge in [-0.2, -0.15) is 0 Å². The molecule has 0 bridgehead atoms. The Hall–Kier alpha value is -1.84. The van der Waals surface area contributed by atoms with Crippen molar-refractivity contribution in [3.8, 4) is 0 Å². The van der Waals surface area contributed by atoms with Crippen LogP contribution >= 0.6 is 0 Å². The minimum Gasteiger partial charge on any atom is -0.479 e. The summed E-state index contributed by atoms with van der Waals surface area (Å²) in [7, 11) is 0. The maximum absolute atomic E-state index is 11.4. The van der Waals surface area contributed by atoms with Crippen molar-refractivity contribution < 1.29 is 14.7 Å². The van der Waals surface area contributed by atoms with E-state index >= 15 is 0 Å². The molecular weight excluding hydrogens is 206 g/mol. The average Bonchev–Trinajstić information content (AvgIpc) is 2.26. The van der Waals surface area contributed by atoms with E-state index in [4.69, 9.17) is 0 Å². The normalized spacial score (nSPS) is 13.9. The molecule has 4 nitrogen and oxygen atoms in total. The van der Waals surface area contributed by atoms with Gasteiger partial charge in [0.15, 0.2) is 5.54 Å². The minimum atomic E-state index is -1.33. The summed E-state index contributed by atoms with van der Waals surface area (Å²) in [5.74, 6) is -1.40. The zero-order valence-electron chi connectivity index (χ0n) is 9.36. The quantitative estimate of drug-likeness (QED) is 0.810. The molecule has 1 atom stereocenters. The fourth-order valence-electron chi connectivity index (χ4n) is 1.72. The summed E-state index contributed by atoms with van der Waals surface area (Å²) in [6.07, 6.45) is 0.298. The van der Waals surface area contributed by atoms with Crippen molar-refractivity contribution in [2.24, 2.45) is 0 Å². The maximum Gasteiger partial charge on any atom is 0.334 e. The first-order valence-corrected chi connectivity index (χ1v) is 5.10. The molecule has 0 saturated carbocycles. The Bertz CT molecular complexity index is 389. The first kappa shape index (κ1) is 12.2. The van der Waals surface area contributed by atoms with Crippen molar-refractivity contribution in [1.29, 1.82) is 0 Å². The van der Waals surface area contributed by atoms with Crippen molar-refractivity contribution in [2.75, 3.05) is 0 Å². The number of rotatable bonds is 4. The second-order valence-electron chi connectivity index (χ2n) is 3.61. The van der Waals surface area contributed by atoms with Gasteiger partial charge in [0.05, 0.1) is 0 Å². The van der Waals surface area contributed by atoms with Gasteiger partial charge < -0.3 is 10.4 Å². The molecule has 0 aromatic heterocycles. The van der Waals surface area contributed by atoms with Crippen LogP contribution in [0.2, 0.25) is 0 Å². The fraction of sp³-hybridized carbons (Fsp3) is 0.333. The third-order valence-corrected chi connectivity index (χ3v) is 2.55. The Kier molecular flexibility index (Phi) is 3.66. The number of hydrogen-bond acceptors (Lipinski definition) is 2. The number of hydrogen-bond donors (Lipinski definition) is 2. The zero-order valence-corrected chi connectivity index (χ0v) is 9.36. The molecule has 0 heterocycles. The molecule has 0 spiro atoms. The highest BCUT2D eigenvalue weighted by Gasteiger charge is 2.39. The van der Waals surface area contributed by atoms with E-state index in [1.54, 1.807) is 37.3 Å². The minimum absolute atomic E-state index is 0.298. The van der Waals surface area contributed by atoms with Gasteiger partial charge in [-0.3, -0.25) is 4.79 Å². The van der Waals surface area contributed by atoms with Crippen molar-refractivity contribution in [1.82, 2.24) is 5.32 Å². The number of carboxylic acids is 1. The number of nitrogens with one attached hydrogen (secondary N) is 1. The molecule has 1 aromatic carbocycles. The van der Waals surface area contributed by atoms with E-state index in [0.717, 1.165) is 0 Å². The summed E-state index contributed by atoms with van der Waals surface area (Å²) in [4.78, 5) is 22.5. The largest absolute Gasteiger partial charge is 0.479 e. The Labute approximate surface area is 94.3 Å². The molecule has 1 rings (SSSR count). The van der Waals surface area contributed by atoms with Gasteiger partial charge in [-0.15, -0.1) is 0 Å². The Morgan fingerprint density at radius 3 is 2.25 bits per heavy atom. The monoisotopic (exact) mass is 221 g/mol. The topological polar surface area (TPSA) is 66.4 Å². The fourth-order valence-corrected chi connectivity index (χ4v) is 1.72. The second kappa shape index (κ2) is 4.79. The Morgan fingerprint density at radius 1 is 1.31 bits per heavy atom. The van der Waals surface area contributed by atoms with E-state index in [1.807, 2.05) is 0 Å². The summed E-state index contributed by atoms with van der Waals surface area (Å²) < 4.78 is 0. The molecule has 1 aromatic rings. The van der Waals surface area contributed by atoms with E-state index in [0.29, 0.717) is 12.0 Å². The zero-order chi connectivity index (χ0) is 12.2. The summed E-state index contributed by atoms with van der Waals surface area (Å²) in [6.45, 7) is 3.05.